The average Bonchev–Trinajstić information content (AvgIpc) is 3.18. The number of amides is 1. The van der Waals surface area contributed by atoms with Crippen LogP contribution in [0.15, 0.2) is 46.9 Å². The zero-order valence-corrected chi connectivity index (χ0v) is 16.0. The summed E-state index contributed by atoms with van der Waals surface area (Å²) in [6.45, 7) is 0. The molecule has 0 radical (unpaired) electrons. The number of nitriles is 1. The van der Waals surface area contributed by atoms with E-state index in [1.165, 1.54) is 35.7 Å². The van der Waals surface area contributed by atoms with Gasteiger partial charge in [0.05, 0.1) is 22.6 Å². The Morgan fingerprint density at radius 3 is 2.59 bits per heavy atom. The molecule has 3 aromatic rings. The van der Waals surface area contributed by atoms with Gasteiger partial charge in [-0.2, -0.15) is 18.4 Å². The molecule has 0 aliphatic rings. The minimum Gasteiger partial charge on any atom is -0.301 e. The number of thioether (sulfide) groups is 1. The van der Waals surface area contributed by atoms with Gasteiger partial charge in [-0.3, -0.25) is 4.79 Å². The first-order chi connectivity index (χ1) is 13.8. The van der Waals surface area contributed by atoms with Crippen LogP contribution in [0, 0.1) is 17.1 Å². The molecule has 148 valence electrons. The number of hydrogen-bond acceptors (Lipinski definition) is 6. The quantitative estimate of drug-likeness (QED) is 0.450. The summed E-state index contributed by atoms with van der Waals surface area (Å²) in [5, 5.41) is 13.5. The van der Waals surface area contributed by atoms with Crippen molar-refractivity contribution in [1.29, 1.82) is 5.26 Å². The van der Waals surface area contributed by atoms with Crippen LogP contribution >= 0.6 is 23.1 Å². The van der Waals surface area contributed by atoms with Crippen LogP contribution in [0.2, 0.25) is 0 Å². The maximum Gasteiger partial charge on any atom is 0.417 e. The Bertz CT molecular complexity index is 1060. The molecule has 1 amide bonds. The van der Waals surface area contributed by atoms with Gasteiger partial charge in [-0.15, -0.1) is 11.3 Å². The predicted octanol–water partition coefficient (Wildman–Crippen LogP) is 4.97. The summed E-state index contributed by atoms with van der Waals surface area (Å²) in [6, 6.07) is 7.02. The van der Waals surface area contributed by atoms with Crippen molar-refractivity contribution in [2.24, 2.45) is 0 Å². The molecule has 0 bridgehead atoms. The molecule has 29 heavy (non-hydrogen) atoms. The lowest BCUT2D eigenvalue weighted by Gasteiger charge is -2.14. The van der Waals surface area contributed by atoms with E-state index in [-0.39, 0.29) is 22.0 Å². The molecule has 2 aromatic heterocycles. The van der Waals surface area contributed by atoms with E-state index in [9.17, 15) is 27.6 Å². The number of hydrogen-bond donors (Lipinski definition) is 1. The number of alkyl halides is 3. The fourth-order valence-electron chi connectivity index (χ4n) is 2.30. The molecule has 1 N–H and O–H groups in total. The number of rotatable bonds is 5. The molecule has 0 atom stereocenters. The lowest BCUT2D eigenvalue weighted by Crippen LogP contribution is -2.15. The number of halogens is 4. The van der Waals surface area contributed by atoms with E-state index in [0.29, 0.717) is 16.9 Å². The Balaban J connectivity index is 1.95. The molecule has 0 saturated heterocycles. The third kappa shape index (κ3) is 5.10. The topological polar surface area (TPSA) is 78.7 Å². The third-order valence-corrected chi connectivity index (χ3v) is 5.23. The van der Waals surface area contributed by atoms with E-state index in [4.69, 9.17) is 0 Å². The van der Waals surface area contributed by atoms with E-state index in [1.54, 1.807) is 5.38 Å². The molecule has 0 fully saturated rings. The number of thiazole rings is 1. The Hall–Kier alpha value is -2.97. The van der Waals surface area contributed by atoms with E-state index >= 15 is 0 Å². The van der Waals surface area contributed by atoms with Crippen molar-refractivity contribution in [3.05, 3.63) is 58.9 Å². The van der Waals surface area contributed by atoms with Gasteiger partial charge in [0.1, 0.15) is 16.9 Å². The Morgan fingerprint density at radius 1 is 1.28 bits per heavy atom. The number of carbonyl (C=O) groups is 1. The van der Waals surface area contributed by atoms with Crippen molar-refractivity contribution >= 4 is 34.1 Å². The average molecular weight is 438 g/mol. The normalized spacial score (nSPS) is 11.1. The second-order valence-corrected chi connectivity index (χ2v) is 7.38. The summed E-state index contributed by atoms with van der Waals surface area (Å²) in [7, 11) is 0. The maximum atomic E-state index is 13.5. The van der Waals surface area contributed by atoms with Crippen LogP contribution in [0.25, 0.3) is 11.3 Å². The Morgan fingerprint density at radius 2 is 2.00 bits per heavy atom. The van der Waals surface area contributed by atoms with Gasteiger partial charge in [0, 0.05) is 17.1 Å². The maximum absolute atomic E-state index is 13.5. The first-order valence-corrected chi connectivity index (χ1v) is 9.75. The summed E-state index contributed by atoms with van der Waals surface area (Å²) in [5.41, 5.74) is -1.68. The predicted molar refractivity (Wildman–Crippen MR) is 101 cm³/mol. The highest BCUT2D eigenvalue weighted by Crippen LogP contribution is 2.38. The highest BCUT2D eigenvalue weighted by molar-refractivity contribution is 8.00. The molecular weight excluding hydrogens is 428 g/mol. The third-order valence-electron chi connectivity index (χ3n) is 3.56. The van der Waals surface area contributed by atoms with Gasteiger partial charge in [0.25, 0.3) is 0 Å². The highest BCUT2D eigenvalue weighted by atomic mass is 32.2. The van der Waals surface area contributed by atoms with E-state index < -0.39 is 29.0 Å². The molecule has 5 nitrogen and oxygen atoms in total. The number of anilines is 1. The van der Waals surface area contributed by atoms with Gasteiger partial charge in [-0.25, -0.2) is 14.4 Å². The van der Waals surface area contributed by atoms with Crippen LogP contribution < -0.4 is 5.32 Å². The molecule has 0 aliphatic heterocycles. The van der Waals surface area contributed by atoms with Crippen LogP contribution in [0.3, 0.4) is 0 Å². The minimum absolute atomic E-state index is 0.0841. The fraction of sp³-hybridized carbons (Fsp3) is 0.111. The number of benzene rings is 1. The first-order valence-electron chi connectivity index (χ1n) is 7.88. The Kier molecular flexibility index (Phi) is 6.14. The van der Waals surface area contributed by atoms with Crippen LogP contribution in [0.5, 0.6) is 0 Å². The van der Waals surface area contributed by atoms with E-state index in [0.717, 1.165) is 18.2 Å². The van der Waals surface area contributed by atoms with E-state index in [1.807, 2.05) is 0 Å². The Labute approximate surface area is 170 Å². The number of carbonyl (C=O) groups excluding carboxylic acids is 1. The first kappa shape index (κ1) is 20.8. The second kappa shape index (κ2) is 8.59. The molecule has 1 aromatic carbocycles. The van der Waals surface area contributed by atoms with Crippen LogP contribution in [-0.4, -0.2) is 21.6 Å². The van der Waals surface area contributed by atoms with Crippen molar-refractivity contribution < 1.29 is 22.4 Å². The van der Waals surface area contributed by atoms with Gasteiger partial charge in [-0.1, -0.05) is 11.8 Å². The minimum atomic E-state index is -4.80. The van der Waals surface area contributed by atoms with Crippen molar-refractivity contribution in [2.45, 2.75) is 11.2 Å². The summed E-state index contributed by atoms with van der Waals surface area (Å²) < 4.78 is 53.6. The largest absolute Gasteiger partial charge is 0.417 e. The molecular formula is C18H10F4N4OS2. The fourth-order valence-corrected chi connectivity index (χ4v) is 3.65. The summed E-state index contributed by atoms with van der Waals surface area (Å²) in [6.07, 6.45) is -3.31. The van der Waals surface area contributed by atoms with Crippen LogP contribution in [-0.2, 0) is 11.0 Å². The summed E-state index contributed by atoms with van der Waals surface area (Å²) >= 11 is 1.89. The SMILES string of the molecule is N#Cc1c(C(F)(F)F)cc(-c2ccc(F)cc2)nc1SCC(=O)Nc1nccs1. The van der Waals surface area contributed by atoms with Crippen LogP contribution in [0.4, 0.5) is 22.7 Å². The van der Waals surface area contributed by atoms with Gasteiger partial charge < -0.3 is 5.32 Å². The van der Waals surface area contributed by atoms with Crippen molar-refractivity contribution in [1.82, 2.24) is 9.97 Å². The van der Waals surface area contributed by atoms with E-state index in [2.05, 4.69) is 15.3 Å². The van der Waals surface area contributed by atoms with Gasteiger partial charge in [0.15, 0.2) is 5.13 Å². The van der Waals surface area contributed by atoms with Gasteiger partial charge in [0.2, 0.25) is 5.91 Å². The highest BCUT2D eigenvalue weighted by Gasteiger charge is 2.36. The second-order valence-electron chi connectivity index (χ2n) is 5.53. The van der Waals surface area contributed by atoms with Gasteiger partial charge in [-0.05, 0) is 30.3 Å². The molecule has 2 heterocycles. The lowest BCUT2D eigenvalue weighted by atomic mass is 10.1. The van der Waals surface area contributed by atoms with Crippen molar-refractivity contribution in [3.63, 3.8) is 0 Å². The molecule has 0 spiro atoms. The summed E-state index contributed by atoms with van der Waals surface area (Å²) in [4.78, 5) is 20.0. The number of aromatic nitrogens is 2. The number of nitrogens with zero attached hydrogens (tertiary/aromatic N) is 3. The summed E-state index contributed by atoms with van der Waals surface area (Å²) in [5.74, 6) is -1.32. The zero-order valence-electron chi connectivity index (χ0n) is 14.3. The zero-order chi connectivity index (χ0) is 21.0. The lowest BCUT2D eigenvalue weighted by molar-refractivity contribution is -0.138. The molecule has 0 unspecified atom stereocenters. The molecule has 0 saturated carbocycles. The van der Waals surface area contributed by atoms with Crippen molar-refractivity contribution in [3.8, 4) is 17.3 Å². The monoisotopic (exact) mass is 438 g/mol. The molecule has 3 rings (SSSR count). The van der Waals surface area contributed by atoms with Crippen LogP contribution in [0.1, 0.15) is 11.1 Å². The smallest absolute Gasteiger partial charge is 0.301 e. The number of pyridine rings is 1. The molecule has 11 heteroatoms. The standard InChI is InChI=1S/C18H10F4N4OS2/c19-11-3-1-10(2-4-11)14-7-13(18(20,21)22)12(8-23)16(25-14)29-9-15(27)26-17-24-5-6-28-17/h1-7H,9H2,(H,24,26,27). The van der Waals surface area contributed by atoms with Gasteiger partial charge >= 0.3 is 6.18 Å². The number of nitrogens with one attached hydrogen (secondary N) is 1. The van der Waals surface area contributed by atoms with Crippen molar-refractivity contribution in [2.75, 3.05) is 11.1 Å². The molecule has 0 aliphatic carbocycles.